The number of aromatic nitrogens is 1. The van der Waals surface area contributed by atoms with Gasteiger partial charge in [0.1, 0.15) is 5.75 Å². The average Bonchev–Trinajstić information content (AvgIpc) is 2.68. The van der Waals surface area contributed by atoms with Gasteiger partial charge >= 0.3 is 0 Å². The van der Waals surface area contributed by atoms with Crippen molar-refractivity contribution < 1.29 is 4.74 Å². The van der Waals surface area contributed by atoms with E-state index in [-0.39, 0.29) is 5.43 Å². The van der Waals surface area contributed by atoms with E-state index in [1.807, 2.05) is 42.5 Å². The standard InChI is InChI=1S/C21H24Cl2N2O2/c22-10-13-25(14-11-23)12-3-4-15-27-19-9-5-7-17-20(19)24-18-8-2-1-6-16(18)21(17)26/h1-2,5-9H,3-4,10-15H2,(H,24,26). The lowest BCUT2D eigenvalue weighted by molar-refractivity contribution is 0.269. The van der Waals surface area contributed by atoms with Crippen LogP contribution in [0.25, 0.3) is 21.8 Å². The van der Waals surface area contributed by atoms with Crippen molar-refractivity contribution >= 4 is 45.0 Å². The third-order valence-corrected chi connectivity index (χ3v) is 4.97. The molecule has 1 heterocycles. The number of rotatable bonds is 10. The van der Waals surface area contributed by atoms with E-state index in [0.29, 0.717) is 34.9 Å². The molecule has 0 saturated heterocycles. The van der Waals surface area contributed by atoms with E-state index in [2.05, 4.69) is 9.88 Å². The number of benzene rings is 2. The molecule has 0 aliphatic heterocycles. The Morgan fingerprint density at radius 1 is 0.889 bits per heavy atom. The minimum Gasteiger partial charge on any atom is -0.491 e. The van der Waals surface area contributed by atoms with Crippen LogP contribution in [0.15, 0.2) is 47.3 Å². The predicted molar refractivity (Wildman–Crippen MR) is 115 cm³/mol. The molecular weight excluding hydrogens is 383 g/mol. The van der Waals surface area contributed by atoms with Crippen molar-refractivity contribution in [1.29, 1.82) is 0 Å². The first kappa shape index (κ1) is 20.0. The van der Waals surface area contributed by atoms with Crippen LogP contribution in [0.5, 0.6) is 5.75 Å². The number of nitrogens with one attached hydrogen (secondary N) is 1. The van der Waals surface area contributed by atoms with E-state index in [4.69, 9.17) is 27.9 Å². The maximum atomic E-state index is 12.7. The Morgan fingerprint density at radius 2 is 1.63 bits per heavy atom. The molecule has 3 rings (SSSR count). The summed E-state index contributed by atoms with van der Waals surface area (Å²) in [4.78, 5) is 18.3. The average molecular weight is 407 g/mol. The number of H-pyrrole nitrogens is 1. The Morgan fingerprint density at radius 3 is 2.41 bits per heavy atom. The predicted octanol–water partition coefficient (Wildman–Crippen LogP) is 4.62. The highest BCUT2D eigenvalue weighted by atomic mass is 35.5. The van der Waals surface area contributed by atoms with Gasteiger partial charge in [-0.1, -0.05) is 18.2 Å². The summed E-state index contributed by atoms with van der Waals surface area (Å²) in [6, 6.07) is 13.2. The Kier molecular flexibility index (Phi) is 7.39. The van der Waals surface area contributed by atoms with E-state index >= 15 is 0 Å². The topological polar surface area (TPSA) is 45.3 Å². The van der Waals surface area contributed by atoms with Crippen molar-refractivity contribution in [3.05, 3.63) is 52.7 Å². The third kappa shape index (κ3) is 4.95. The third-order valence-electron chi connectivity index (χ3n) is 4.63. The summed E-state index contributed by atoms with van der Waals surface area (Å²) in [6.45, 7) is 3.27. The zero-order valence-electron chi connectivity index (χ0n) is 15.2. The molecular formula is C21H24Cl2N2O2. The van der Waals surface area contributed by atoms with Crippen molar-refractivity contribution in [3.8, 4) is 5.75 Å². The number of hydrogen-bond acceptors (Lipinski definition) is 3. The molecule has 0 bridgehead atoms. The van der Waals surface area contributed by atoms with Crippen LogP contribution >= 0.6 is 23.2 Å². The van der Waals surface area contributed by atoms with Gasteiger partial charge in [-0.2, -0.15) is 0 Å². The molecule has 0 radical (unpaired) electrons. The molecule has 4 nitrogen and oxygen atoms in total. The summed E-state index contributed by atoms with van der Waals surface area (Å²) >= 11 is 11.6. The molecule has 27 heavy (non-hydrogen) atoms. The molecule has 2 aromatic carbocycles. The number of fused-ring (bicyclic) bond motifs is 2. The molecule has 1 N–H and O–H groups in total. The van der Waals surface area contributed by atoms with Crippen molar-refractivity contribution in [3.63, 3.8) is 0 Å². The molecule has 0 unspecified atom stereocenters. The zero-order valence-corrected chi connectivity index (χ0v) is 16.7. The first-order valence-corrected chi connectivity index (χ1v) is 10.3. The fourth-order valence-electron chi connectivity index (χ4n) is 3.23. The molecule has 144 valence electrons. The SMILES string of the molecule is O=c1c2ccccc2[nH]c2c(OCCCCN(CCCl)CCCl)cccc12. The highest BCUT2D eigenvalue weighted by molar-refractivity contribution is 6.18. The molecule has 6 heteroatoms. The van der Waals surface area contributed by atoms with Crippen LogP contribution in [0.4, 0.5) is 0 Å². The second-order valence-electron chi connectivity index (χ2n) is 6.45. The smallest absolute Gasteiger partial charge is 0.197 e. The van der Waals surface area contributed by atoms with Crippen LogP contribution in [-0.4, -0.2) is 47.9 Å². The van der Waals surface area contributed by atoms with E-state index in [9.17, 15) is 4.79 Å². The van der Waals surface area contributed by atoms with Gasteiger partial charge < -0.3 is 14.6 Å². The van der Waals surface area contributed by atoms with E-state index in [1.165, 1.54) is 0 Å². The summed E-state index contributed by atoms with van der Waals surface area (Å²) < 4.78 is 5.98. The molecule has 0 aliphatic carbocycles. The van der Waals surface area contributed by atoms with Gasteiger partial charge in [-0.25, -0.2) is 0 Å². The number of ether oxygens (including phenoxy) is 1. The van der Waals surface area contributed by atoms with Crippen molar-refractivity contribution in [2.24, 2.45) is 0 Å². The van der Waals surface area contributed by atoms with E-state index in [1.54, 1.807) is 0 Å². The Bertz CT molecular complexity index is 936. The molecule has 0 amide bonds. The molecule has 0 fully saturated rings. The van der Waals surface area contributed by atoms with E-state index < -0.39 is 0 Å². The van der Waals surface area contributed by atoms with Gasteiger partial charge in [0.05, 0.1) is 12.1 Å². The Labute approximate surface area is 169 Å². The second-order valence-corrected chi connectivity index (χ2v) is 7.21. The summed E-state index contributed by atoms with van der Waals surface area (Å²) in [5, 5.41) is 1.35. The monoisotopic (exact) mass is 406 g/mol. The zero-order chi connectivity index (χ0) is 19.1. The lowest BCUT2D eigenvalue weighted by Crippen LogP contribution is -2.29. The number of hydrogen-bond donors (Lipinski definition) is 1. The minimum absolute atomic E-state index is 0.0302. The minimum atomic E-state index is 0.0302. The highest BCUT2D eigenvalue weighted by Gasteiger charge is 2.09. The van der Waals surface area contributed by atoms with E-state index in [0.717, 1.165) is 43.5 Å². The molecule has 0 atom stereocenters. The number of alkyl halides is 2. The number of unbranched alkanes of at least 4 members (excludes halogenated alkanes) is 1. The maximum absolute atomic E-state index is 12.7. The van der Waals surface area contributed by atoms with Crippen molar-refractivity contribution in [1.82, 2.24) is 9.88 Å². The normalized spacial score (nSPS) is 11.5. The van der Waals surface area contributed by atoms with Crippen LogP contribution in [0.3, 0.4) is 0 Å². The lowest BCUT2D eigenvalue weighted by Gasteiger charge is -2.19. The molecule has 0 spiro atoms. The molecule has 0 saturated carbocycles. The summed E-state index contributed by atoms with van der Waals surface area (Å²) in [5.41, 5.74) is 1.61. The van der Waals surface area contributed by atoms with Gasteiger partial charge in [0.25, 0.3) is 0 Å². The molecule has 3 aromatic rings. The van der Waals surface area contributed by atoms with Gasteiger partial charge in [0.15, 0.2) is 5.43 Å². The highest BCUT2D eigenvalue weighted by Crippen LogP contribution is 2.24. The van der Waals surface area contributed by atoms with Crippen LogP contribution in [0.2, 0.25) is 0 Å². The van der Waals surface area contributed by atoms with Gasteiger partial charge in [-0.05, 0) is 43.7 Å². The summed E-state index contributed by atoms with van der Waals surface area (Å²) in [5.74, 6) is 1.95. The fourth-order valence-corrected chi connectivity index (χ4v) is 3.71. The number of pyridine rings is 1. The largest absolute Gasteiger partial charge is 0.491 e. The van der Waals surface area contributed by atoms with Crippen LogP contribution in [0, 0.1) is 0 Å². The second kappa shape index (κ2) is 9.98. The van der Waals surface area contributed by atoms with Gasteiger partial charge in [0.2, 0.25) is 0 Å². The van der Waals surface area contributed by atoms with Crippen molar-refractivity contribution in [2.75, 3.05) is 38.0 Å². The van der Waals surface area contributed by atoms with Crippen LogP contribution in [-0.2, 0) is 0 Å². The lowest BCUT2D eigenvalue weighted by atomic mass is 10.1. The first-order chi connectivity index (χ1) is 13.2. The Balaban J connectivity index is 1.66. The first-order valence-electron chi connectivity index (χ1n) is 9.25. The fraction of sp³-hybridized carbons (Fsp3) is 0.381. The maximum Gasteiger partial charge on any atom is 0.197 e. The number of halogens is 2. The Hall–Kier alpha value is -1.75. The summed E-state index contributed by atoms with van der Waals surface area (Å²) in [6.07, 6.45) is 1.94. The number of nitrogens with zero attached hydrogens (tertiary/aromatic N) is 1. The molecule has 1 aromatic heterocycles. The molecule has 0 aliphatic rings. The van der Waals surface area contributed by atoms with Crippen molar-refractivity contribution in [2.45, 2.75) is 12.8 Å². The van der Waals surface area contributed by atoms with Gasteiger partial charge in [0, 0.05) is 41.1 Å². The van der Waals surface area contributed by atoms with Crippen LogP contribution in [0.1, 0.15) is 12.8 Å². The number of aromatic amines is 1. The van der Waals surface area contributed by atoms with Crippen LogP contribution < -0.4 is 10.2 Å². The van der Waals surface area contributed by atoms with Gasteiger partial charge in [-0.15, -0.1) is 23.2 Å². The number of para-hydroxylation sites is 2. The quantitative estimate of drug-likeness (QED) is 0.303. The van der Waals surface area contributed by atoms with Gasteiger partial charge in [-0.3, -0.25) is 4.79 Å². The summed E-state index contributed by atoms with van der Waals surface area (Å²) in [7, 11) is 0.